The fourth-order valence-electron chi connectivity index (χ4n) is 3.72. The lowest BCUT2D eigenvalue weighted by molar-refractivity contribution is -0.00833. The Hall–Kier alpha value is -2.12. The van der Waals surface area contributed by atoms with Crippen LogP contribution in [0.5, 0.6) is 0 Å². The minimum absolute atomic E-state index is 0.0637. The van der Waals surface area contributed by atoms with E-state index in [2.05, 4.69) is 69.0 Å². The number of imidazole rings is 1. The molecule has 0 atom stereocenters. The molecule has 3 rings (SSSR count). The Morgan fingerprint density at radius 3 is 2.71 bits per heavy atom. The minimum atomic E-state index is 0.0637. The van der Waals surface area contributed by atoms with Crippen molar-refractivity contribution in [3.05, 3.63) is 30.1 Å². The Bertz CT molecular complexity index is 791. The highest BCUT2D eigenvalue weighted by molar-refractivity contribution is 5.79. The molecule has 2 aromatic rings. The molecule has 154 valence electrons. The van der Waals surface area contributed by atoms with E-state index < -0.39 is 0 Å². The van der Waals surface area contributed by atoms with Gasteiger partial charge >= 0.3 is 0 Å². The number of ether oxygens (including phenoxy) is 1. The Labute approximate surface area is 168 Å². The van der Waals surface area contributed by atoms with Crippen LogP contribution in [0.3, 0.4) is 0 Å². The number of rotatable bonds is 7. The lowest BCUT2D eigenvalue weighted by Gasteiger charge is -2.41. The van der Waals surface area contributed by atoms with Gasteiger partial charge in [0.15, 0.2) is 5.96 Å². The van der Waals surface area contributed by atoms with E-state index in [1.807, 2.05) is 13.1 Å². The fraction of sp³-hybridized carbons (Fsp3) is 0.619. The van der Waals surface area contributed by atoms with Gasteiger partial charge in [0.05, 0.1) is 24.2 Å². The average Bonchev–Trinajstić information content (AvgIpc) is 3.03. The predicted molar refractivity (Wildman–Crippen MR) is 115 cm³/mol. The SMILES string of the molecule is CN=C(NCCCn1c(C)nc2ccccc21)NCC(C)(C)N1CCOCC1. The summed E-state index contributed by atoms with van der Waals surface area (Å²) in [5.41, 5.74) is 2.33. The van der Waals surface area contributed by atoms with Gasteiger partial charge in [0.2, 0.25) is 0 Å². The number of aryl methyl sites for hydroxylation is 2. The highest BCUT2D eigenvalue weighted by atomic mass is 16.5. The molecule has 2 heterocycles. The van der Waals surface area contributed by atoms with Crippen LogP contribution in [0, 0.1) is 6.92 Å². The fourth-order valence-corrected chi connectivity index (χ4v) is 3.72. The summed E-state index contributed by atoms with van der Waals surface area (Å²) in [6.45, 7) is 12.9. The Balaban J connectivity index is 1.44. The van der Waals surface area contributed by atoms with Gasteiger partial charge in [-0.25, -0.2) is 4.98 Å². The van der Waals surface area contributed by atoms with Crippen LogP contribution in [0.4, 0.5) is 0 Å². The standard InChI is InChI=1S/C21H34N6O/c1-17-25-18-8-5-6-9-19(18)27(17)11-7-10-23-20(22-4)24-16-21(2,3)26-12-14-28-15-13-26/h5-6,8-9H,7,10-16H2,1-4H3,(H2,22,23,24). The molecule has 1 saturated heterocycles. The quantitative estimate of drug-likeness (QED) is 0.433. The van der Waals surface area contributed by atoms with E-state index in [0.29, 0.717) is 0 Å². The first-order valence-corrected chi connectivity index (χ1v) is 10.2. The summed E-state index contributed by atoms with van der Waals surface area (Å²) in [5.74, 6) is 1.92. The summed E-state index contributed by atoms with van der Waals surface area (Å²) >= 11 is 0. The smallest absolute Gasteiger partial charge is 0.191 e. The molecular weight excluding hydrogens is 352 g/mol. The first-order chi connectivity index (χ1) is 13.5. The average molecular weight is 387 g/mol. The summed E-state index contributed by atoms with van der Waals surface area (Å²) in [5, 5.41) is 6.92. The first-order valence-electron chi connectivity index (χ1n) is 10.2. The van der Waals surface area contributed by atoms with Crippen LogP contribution in [0.25, 0.3) is 11.0 Å². The molecule has 2 N–H and O–H groups in total. The molecule has 1 aromatic carbocycles. The third-order valence-corrected chi connectivity index (χ3v) is 5.48. The van der Waals surface area contributed by atoms with Gasteiger partial charge in [0.1, 0.15) is 5.82 Å². The van der Waals surface area contributed by atoms with Crippen molar-refractivity contribution < 1.29 is 4.74 Å². The van der Waals surface area contributed by atoms with Gasteiger partial charge in [-0.3, -0.25) is 9.89 Å². The van der Waals surface area contributed by atoms with Crippen molar-refractivity contribution >= 4 is 17.0 Å². The van der Waals surface area contributed by atoms with E-state index >= 15 is 0 Å². The van der Waals surface area contributed by atoms with Crippen molar-refractivity contribution in [3.63, 3.8) is 0 Å². The van der Waals surface area contributed by atoms with Gasteiger partial charge in [-0.05, 0) is 39.3 Å². The number of aliphatic imine (C=N–C) groups is 1. The van der Waals surface area contributed by atoms with E-state index in [4.69, 9.17) is 4.74 Å². The minimum Gasteiger partial charge on any atom is -0.379 e. The van der Waals surface area contributed by atoms with E-state index in [1.165, 1.54) is 5.52 Å². The summed E-state index contributed by atoms with van der Waals surface area (Å²) in [4.78, 5) is 11.5. The molecule has 28 heavy (non-hydrogen) atoms. The predicted octanol–water partition coefficient (Wildman–Crippen LogP) is 2.01. The topological polar surface area (TPSA) is 66.7 Å². The van der Waals surface area contributed by atoms with E-state index in [1.54, 1.807) is 0 Å². The van der Waals surface area contributed by atoms with Crippen molar-refractivity contribution in [1.82, 2.24) is 25.1 Å². The molecule has 1 fully saturated rings. The molecule has 7 heteroatoms. The molecule has 7 nitrogen and oxygen atoms in total. The number of fused-ring (bicyclic) bond motifs is 1. The summed E-state index contributed by atoms with van der Waals surface area (Å²) in [6, 6.07) is 8.31. The van der Waals surface area contributed by atoms with E-state index in [9.17, 15) is 0 Å². The monoisotopic (exact) mass is 386 g/mol. The van der Waals surface area contributed by atoms with Gasteiger partial charge in [0.25, 0.3) is 0 Å². The molecule has 0 aliphatic carbocycles. The van der Waals surface area contributed by atoms with Crippen LogP contribution >= 0.6 is 0 Å². The number of hydrogen-bond acceptors (Lipinski definition) is 4. The van der Waals surface area contributed by atoms with Crippen molar-refractivity contribution in [1.29, 1.82) is 0 Å². The summed E-state index contributed by atoms with van der Waals surface area (Å²) < 4.78 is 7.75. The number of morpholine rings is 1. The van der Waals surface area contributed by atoms with Gasteiger partial charge < -0.3 is 19.9 Å². The number of nitrogens with one attached hydrogen (secondary N) is 2. The second-order valence-electron chi connectivity index (χ2n) is 7.92. The first kappa shape index (κ1) is 20.6. The van der Waals surface area contributed by atoms with Crippen molar-refractivity contribution in [3.8, 4) is 0 Å². The number of nitrogens with zero attached hydrogens (tertiary/aromatic N) is 4. The number of guanidine groups is 1. The van der Waals surface area contributed by atoms with Gasteiger partial charge in [0, 0.05) is 45.3 Å². The van der Waals surface area contributed by atoms with E-state index in [0.717, 1.165) is 69.7 Å². The Morgan fingerprint density at radius 1 is 1.21 bits per heavy atom. The van der Waals surface area contributed by atoms with Crippen LogP contribution in [0.2, 0.25) is 0 Å². The van der Waals surface area contributed by atoms with Crippen molar-refractivity contribution in [2.24, 2.45) is 4.99 Å². The zero-order chi connectivity index (χ0) is 20.0. The lowest BCUT2D eigenvalue weighted by Crippen LogP contribution is -2.56. The number of benzene rings is 1. The highest BCUT2D eigenvalue weighted by Gasteiger charge is 2.28. The van der Waals surface area contributed by atoms with Crippen LogP contribution in [0.15, 0.2) is 29.3 Å². The summed E-state index contributed by atoms with van der Waals surface area (Å²) in [7, 11) is 1.82. The van der Waals surface area contributed by atoms with Crippen molar-refractivity contribution in [2.75, 3.05) is 46.4 Å². The molecule has 0 saturated carbocycles. The second kappa shape index (κ2) is 9.39. The Morgan fingerprint density at radius 2 is 1.96 bits per heavy atom. The molecule has 0 amide bonds. The normalized spacial score (nSPS) is 16.5. The zero-order valence-corrected chi connectivity index (χ0v) is 17.7. The zero-order valence-electron chi connectivity index (χ0n) is 17.7. The maximum atomic E-state index is 5.47. The number of aromatic nitrogens is 2. The van der Waals surface area contributed by atoms with Gasteiger partial charge in [-0.15, -0.1) is 0 Å². The molecule has 0 bridgehead atoms. The maximum absolute atomic E-state index is 5.47. The second-order valence-corrected chi connectivity index (χ2v) is 7.92. The number of hydrogen-bond donors (Lipinski definition) is 2. The molecule has 0 unspecified atom stereocenters. The molecule has 1 aromatic heterocycles. The third kappa shape index (κ3) is 5.02. The largest absolute Gasteiger partial charge is 0.379 e. The molecule has 0 radical (unpaired) electrons. The maximum Gasteiger partial charge on any atom is 0.191 e. The lowest BCUT2D eigenvalue weighted by atomic mass is 10.0. The van der Waals surface area contributed by atoms with Crippen LogP contribution in [-0.4, -0.2) is 72.4 Å². The molecule has 1 aliphatic heterocycles. The number of para-hydroxylation sites is 2. The van der Waals surface area contributed by atoms with Crippen LogP contribution in [-0.2, 0) is 11.3 Å². The molecular formula is C21H34N6O. The van der Waals surface area contributed by atoms with E-state index in [-0.39, 0.29) is 5.54 Å². The van der Waals surface area contributed by atoms with Gasteiger partial charge in [-0.2, -0.15) is 0 Å². The van der Waals surface area contributed by atoms with Crippen molar-refractivity contribution in [2.45, 2.75) is 39.3 Å². The van der Waals surface area contributed by atoms with Gasteiger partial charge in [-0.1, -0.05) is 12.1 Å². The van der Waals surface area contributed by atoms with Crippen LogP contribution < -0.4 is 10.6 Å². The highest BCUT2D eigenvalue weighted by Crippen LogP contribution is 2.16. The van der Waals surface area contributed by atoms with Crippen LogP contribution in [0.1, 0.15) is 26.1 Å². The molecule has 1 aliphatic rings. The summed E-state index contributed by atoms with van der Waals surface area (Å²) in [6.07, 6.45) is 1.01. The Kier molecular flexibility index (Phi) is 6.91. The third-order valence-electron chi connectivity index (χ3n) is 5.48. The molecule has 0 spiro atoms.